The molecule has 0 spiro atoms. The molecule has 1 aliphatic carbocycles. The van der Waals surface area contributed by atoms with Crippen molar-refractivity contribution in [3.8, 4) is 0 Å². The Balaban J connectivity index is 3.23. The van der Waals surface area contributed by atoms with Gasteiger partial charge in [-0.25, -0.2) is 0 Å². The first kappa shape index (κ1) is 10.1. The van der Waals surface area contributed by atoms with Crippen LogP contribution in [0.3, 0.4) is 0 Å². The number of carbonyl (C=O) groups excluding carboxylic acids is 1. The zero-order valence-electron chi connectivity index (χ0n) is 7.72. The second kappa shape index (κ2) is 3.07. The number of halogens is 1. The Morgan fingerprint density at radius 2 is 2.08 bits per heavy atom. The number of allylic oxidation sites excluding steroid dienone is 2. The van der Waals surface area contributed by atoms with E-state index in [0.717, 1.165) is 0 Å². The summed E-state index contributed by atoms with van der Waals surface area (Å²) < 4.78 is 4.87. The molecule has 0 aromatic heterocycles. The summed E-state index contributed by atoms with van der Waals surface area (Å²) in [6.45, 7) is 3.42. The van der Waals surface area contributed by atoms with Crippen molar-refractivity contribution in [3.63, 3.8) is 0 Å². The molecule has 0 amide bonds. The van der Waals surface area contributed by atoms with Crippen LogP contribution in [-0.2, 0) is 9.53 Å². The second-order valence-corrected chi connectivity index (χ2v) is 3.80. The van der Waals surface area contributed by atoms with E-state index in [2.05, 4.69) is 0 Å². The molecule has 0 radical (unpaired) electrons. The third-order valence-corrected chi connectivity index (χ3v) is 2.29. The zero-order valence-corrected chi connectivity index (χ0v) is 8.47. The van der Waals surface area contributed by atoms with Crippen LogP contribution in [0.4, 0.5) is 0 Å². The van der Waals surface area contributed by atoms with Gasteiger partial charge >= 0.3 is 0 Å². The second-order valence-electron chi connectivity index (χ2n) is 3.43. The van der Waals surface area contributed by atoms with Gasteiger partial charge < -0.3 is 9.84 Å². The maximum absolute atomic E-state index is 11.5. The van der Waals surface area contributed by atoms with Gasteiger partial charge in [0.1, 0.15) is 5.03 Å². The van der Waals surface area contributed by atoms with Gasteiger partial charge in [0.2, 0.25) is 0 Å². The topological polar surface area (TPSA) is 46.5 Å². The highest BCUT2D eigenvalue weighted by Crippen LogP contribution is 2.34. The third-order valence-electron chi connectivity index (χ3n) is 1.94. The molecule has 0 bridgehead atoms. The number of aliphatic hydroxyl groups excluding tert-OH is 1. The van der Waals surface area contributed by atoms with E-state index < -0.39 is 5.41 Å². The molecule has 1 aliphatic rings. The molecule has 0 unspecified atom stereocenters. The minimum absolute atomic E-state index is 0.163. The Morgan fingerprint density at radius 3 is 2.54 bits per heavy atom. The Morgan fingerprint density at radius 1 is 1.54 bits per heavy atom. The zero-order chi connectivity index (χ0) is 10.2. The average molecular weight is 203 g/mol. The molecule has 0 fully saturated rings. The molecule has 1 N–H and O–H groups in total. The molecule has 0 aromatic carbocycles. The van der Waals surface area contributed by atoms with Crippen LogP contribution in [0.25, 0.3) is 0 Å². The molecule has 4 heteroatoms. The van der Waals surface area contributed by atoms with Gasteiger partial charge in [-0.15, -0.1) is 0 Å². The molecule has 0 saturated carbocycles. The quantitative estimate of drug-likeness (QED) is 0.709. The van der Waals surface area contributed by atoms with Crippen molar-refractivity contribution in [1.82, 2.24) is 0 Å². The van der Waals surface area contributed by atoms with Crippen LogP contribution in [-0.4, -0.2) is 18.0 Å². The van der Waals surface area contributed by atoms with Crippen molar-refractivity contribution >= 4 is 17.4 Å². The Hall–Kier alpha value is -0.960. The molecule has 0 atom stereocenters. The van der Waals surface area contributed by atoms with Crippen LogP contribution >= 0.6 is 11.6 Å². The molecule has 0 aromatic rings. The normalized spacial score (nSPS) is 21.5. The summed E-state index contributed by atoms with van der Waals surface area (Å²) in [6, 6.07) is 0. The van der Waals surface area contributed by atoms with E-state index in [0.29, 0.717) is 0 Å². The Bertz CT molecular complexity index is 313. The average Bonchev–Trinajstić information content (AvgIpc) is 2.08. The number of ether oxygens (including phenoxy) is 1. The van der Waals surface area contributed by atoms with Gasteiger partial charge in [0.15, 0.2) is 17.3 Å². The van der Waals surface area contributed by atoms with Crippen LogP contribution in [0.1, 0.15) is 13.8 Å². The van der Waals surface area contributed by atoms with Crippen LogP contribution in [0, 0.1) is 5.41 Å². The highest BCUT2D eigenvalue weighted by molar-refractivity contribution is 6.44. The van der Waals surface area contributed by atoms with E-state index >= 15 is 0 Å². The SMILES string of the molecule is COC1=CC(C)(C)C(=O)C(Cl)=C1O. The van der Waals surface area contributed by atoms with E-state index in [4.69, 9.17) is 16.3 Å². The van der Waals surface area contributed by atoms with Gasteiger partial charge in [-0.3, -0.25) is 4.79 Å². The predicted molar refractivity (Wildman–Crippen MR) is 49.4 cm³/mol. The monoisotopic (exact) mass is 202 g/mol. The highest BCUT2D eigenvalue weighted by atomic mass is 35.5. The third kappa shape index (κ3) is 1.56. The van der Waals surface area contributed by atoms with E-state index in [-0.39, 0.29) is 22.3 Å². The first-order valence-corrected chi connectivity index (χ1v) is 4.18. The molecular weight excluding hydrogens is 192 g/mol. The van der Waals surface area contributed by atoms with Crippen LogP contribution in [0.15, 0.2) is 22.6 Å². The van der Waals surface area contributed by atoms with Crippen molar-refractivity contribution in [2.75, 3.05) is 7.11 Å². The first-order valence-electron chi connectivity index (χ1n) is 3.81. The number of hydrogen-bond acceptors (Lipinski definition) is 3. The summed E-state index contributed by atoms with van der Waals surface area (Å²) >= 11 is 5.63. The van der Waals surface area contributed by atoms with E-state index in [1.165, 1.54) is 7.11 Å². The standard InChI is InChI=1S/C9H11ClO3/c1-9(2)4-5(13-3)7(11)6(10)8(9)12/h4,11H,1-3H3. The summed E-state index contributed by atoms with van der Waals surface area (Å²) in [5.74, 6) is -0.337. The summed E-state index contributed by atoms with van der Waals surface area (Å²) in [4.78, 5) is 11.5. The van der Waals surface area contributed by atoms with Gasteiger partial charge in [-0.05, 0) is 19.9 Å². The lowest BCUT2D eigenvalue weighted by atomic mass is 9.83. The number of ketones is 1. The molecule has 0 heterocycles. The molecule has 0 saturated heterocycles. The minimum Gasteiger partial charge on any atom is -0.503 e. The van der Waals surface area contributed by atoms with Gasteiger partial charge in [-0.1, -0.05) is 11.6 Å². The lowest BCUT2D eigenvalue weighted by Gasteiger charge is -2.24. The maximum atomic E-state index is 11.5. The van der Waals surface area contributed by atoms with Crippen LogP contribution in [0.5, 0.6) is 0 Å². The number of methoxy groups -OCH3 is 1. The molecular formula is C9H11ClO3. The van der Waals surface area contributed by atoms with Gasteiger partial charge in [0.05, 0.1) is 12.5 Å². The lowest BCUT2D eigenvalue weighted by molar-refractivity contribution is -0.121. The lowest BCUT2D eigenvalue weighted by Crippen LogP contribution is -2.27. The van der Waals surface area contributed by atoms with E-state index in [1.54, 1.807) is 19.9 Å². The van der Waals surface area contributed by atoms with Crippen LogP contribution < -0.4 is 0 Å². The smallest absolute Gasteiger partial charge is 0.187 e. The molecule has 0 aliphatic heterocycles. The first-order chi connectivity index (χ1) is 5.90. The summed E-state index contributed by atoms with van der Waals surface area (Å²) in [5, 5.41) is 9.21. The van der Waals surface area contributed by atoms with Gasteiger partial charge in [-0.2, -0.15) is 0 Å². The maximum Gasteiger partial charge on any atom is 0.187 e. The van der Waals surface area contributed by atoms with Gasteiger partial charge in [0, 0.05) is 0 Å². The van der Waals surface area contributed by atoms with Crippen molar-refractivity contribution in [2.24, 2.45) is 5.41 Å². The van der Waals surface area contributed by atoms with Gasteiger partial charge in [0.25, 0.3) is 0 Å². The van der Waals surface area contributed by atoms with Crippen molar-refractivity contribution < 1.29 is 14.6 Å². The summed E-state index contributed by atoms with van der Waals surface area (Å²) in [7, 11) is 1.41. The number of rotatable bonds is 1. The fourth-order valence-corrected chi connectivity index (χ4v) is 1.45. The fraction of sp³-hybridized carbons (Fsp3) is 0.444. The Labute approximate surface area is 81.6 Å². The van der Waals surface area contributed by atoms with Crippen molar-refractivity contribution in [2.45, 2.75) is 13.8 Å². The highest BCUT2D eigenvalue weighted by Gasteiger charge is 2.35. The molecule has 72 valence electrons. The summed E-state index contributed by atoms with van der Waals surface area (Å²) in [5.41, 5.74) is -0.714. The largest absolute Gasteiger partial charge is 0.503 e. The van der Waals surface area contributed by atoms with Crippen molar-refractivity contribution in [1.29, 1.82) is 0 Å². The fourth-order valence-electron chi connectivity index (χ4n) is 1.12. The Kier molecular flexibility index (Phi) is 2.39. The number of Topliss-reactive ketones (excluding diaryl/α,β-unsaturated/α-hetero) is 1. The minimum atomic E-state index is -0.714. The predicted octanol–water partition coefficient (Wildman–Crippen LogP) is 2.13. The number of aliphatic hydroxyl groups is 1. The molecule has 1 rings (SSSR count). The van der Waals surface area contributed by atoms with Crippen LogP contribution in [0.2, 0.25) is 0 Å². The van der Waals surface area contributed by atoms with E-state index in [9.17, 15) is 9.90 Å². The number of hydrogen-bond donors (Lipinski definition) is 1. The molecule has 3 nitrogen and oxygen atoms in total. The molecule has 13 heavy (non-hydrogen) atoms. The van der Waals surface area contributed by atoms with E-state index in [1.807, 2.05) is 0 Å². The van der Waals surface area contributed by atoms with Crippen molar-refractivity contribution in [3.05, 3.63) is 22.6 Å². The summed E-state index contributed by atoms with van der Waals surface area (Å²) in [6.07, 6.45) is 1.55. The number of carbonyl (C=O) groups is 1.